The van der Waals surface area contributed by atoms with Crippen LogP contribution in [0.4, 0.5) is 0 Å². The van der Waals surface area contributed by atoms with E-state index >= 15 is 0 Å². The Bertz CT molecular complexity index is 416. The van der Waals surface area contributed by atoms with E-state index in [0.717, 1.165) is 38.8 Å². The molecule has 156 valence electrons. The van der Waals surface area contributed by atoms with Crippen molar-refractivity contribution in [3.05, 3.63) is 24.3 Å². The molecule has 0 bridgehead atoms. The van der Waals surface area contributed by atoms with Gasteiger partial charge in [0.05, 0.1) is 13.1 Å². The third kappa shape index (κ3) is 13.2. The van der Waals surface area contributed by atoms with E-state index in [1.54, 1.807) is 0 Å². The Hall–Kier alpha value is -1.62. The van der Waals surface area contributed by atoms with E-state index in [4.69, 9.17) is 0 Å². The molecular formula is C22H42N3O2+. The van der Waals surface area contributed by atoms with Crippen LogP contribution < -0.4 is 10.6 Å². The minimum atomic E-state index is 0.0392. The number of rotatable bonds is 16. The average molecular weight is 381 g/mol. The first-order valence-electron chi connectivity index (χ1n) is 10.7. The van der Waals surface area contributed by atoms with Crippen LogP contribution in [0.2, 0.25) is 0 Å². The Morgan fingerprint density at radius 3 is 1.44 bits per heavy atom. The first-order valence-corrected chi connectivity index (χ1v) is 10.7. The van der Waals surface area contributed by atoms with Gasteiger partial charge in [0.1, 0.15) is 0 Å². The minimum Gasteiger partial charge on any atom is -0.309 e. The van der Waals surface area contributed by atoms with E-state index in [1.807, 2.05) is 12.2 Å². The number of hydrogen-bond acceptors (Lipinski definition) is 2. The Kier molecular flexibility index (Phi) is 15.6. The highest BCUT2D eigenvalue weighted by molar-refractivity contribution is 5.77. The molecular weight excluding hydrogens is 338 g/mol. The van der Waals surface area contributed by atoms with Crippen molar-refractivity contribution < 1.29 is 14.1 Å². The third-order valence-electron chi connectivity index (χ3n) is 4.95. The van der Waals surface area contributed by atoms with Gasteiger partial charge in [0.25, 0.3) is 0 Å². The van der Waals surface area contributed by atoms with Gasteiger partial charge in [-0.05, 0) is 26.7 Å². The van der Waals surface area contributed by atoms with Gasteiger partial charge in [0.2, 0.25) is 11.8 Å². The Labute approximate surface area is 166 Å². The maximum Gasteiger partial charge on any atom is 0.228 e. The van der Waals surface area contributed by atoms with Crippen LogP contribution in [0.1, 0.15) is 79.1 Å². The predicted octanol–water partition coefficient (Wildman–Crippen LogP) is 4.26. The van der Waals surface area contributed by atoms with Crippen molar-refractivity contribution in [1.29, 1.82) is 0 Å². The van der Waals surface area contributed by atoms with Gasteiger partial charge in [-0.3, -0.25) is 14.1 Å². The highest BCUT2D eigenvalue weighted by Crippen LogP contribution is 2.04. The van der Waals surface area contributed by atoms with Crippen molar-refractivity contribution in [2.24, 2.45) is 0 Å². The number of nitrogens with one attached hydrogen (secondary N) is 2. The summed E-state index contributed by atoms with van der Waals surface area (Å²) in [5.74, 6) is 0.0784. The summed E-state index contributed by atoms with van der Waals surface area (Å²) in [6.45, 7) is 11.3. The van der Waals surface area contributed by atoms with Crippen LogP contribution in [-0.2, 0) is 9.59 Å². The molecule has 0 spiro atoms. The Morgan fingerprint density at radius 1 is 0.704 bits per heavy atom. The molecule has 27 heavy (non-hydrogen) atoms. The summed E-state index contributed by atoms with van der Waals surface area (Å²) in [7, 11) is 0. The average Bonchev–Trinajstić information content (AvgIpc) is 2.68. The fourth-order valence-corrected chi connectivity index (χ4v) is 2.64. The maximum atomic E-state index is 12.1. The van der Waals surface area contributed by atoms with Gasteiger partial charge in [-0.25, -0.2) is 0 Å². The SMILES string of the molecule is CCCC/C=C/CC(=O)NC[N+](CC)(CC)CNC(=O)C/C=C/CCCC. The van der Waals surface area contributed by atoms with Crippen LogP contribution in [0.15, 0.2) is 24.3 Å². The Morgan fingerprint density at radius 2 is 1.11 bits per heavy atom. The fourth-order valence-electron chi connectivity index (χ4n) is 2.64. The number of carbonyl (C=O) groups excluding carboxylic acids is 2. The second-order valence-electron chi connectivity index (χ2n) is 7.13. The molecule has 0 aromatic carbocycles. The summed E-state index contributed by atoms with van der Waals surface area (Å²) < 4.78 is 0.649. The van der Waals surface area contributed by atoms with Crippen LogP contribution >= 0.6 is 0 Å². The van der Waals surface area contributed by atoms with Crippen molar-refractivity contribution in [2.45, 2.75) is 79.1 Å². The van der Waals surface area contributed by atoms with Crippen LogP contribution in [0.5, 0.6) is 0 Å². The van der Waals surface area contributed by atoms with Crippen LogP contribution in [0, 0.1) is 0 Å². The summed E-state index contributed by atoms with van der Waals surface area (Å²) in [5.41, 5.74) is 0. The van der Waals surface area contributed by atoms with Gasteiger partial charge in [0, 0.05) is 12.8 Å². The van der Waals surface area contributed by atoms with Crippen LogP contribution in [0.3, 0.4) is 0 Å². The molecule has 2 N–H and O–H groups in total. The van der Waals surface area contributed by atoms with E-state index < -0.39 is 0 Å². The van der Waals surface area contributed by atoms with Gasteiger partial charge >= 0.3 is 0 Å². The molecule has 0 atom stereocenters. The van der Waals surface area contributed by atoms with Crippen molar-refractivity contribution in [3.8, 4) is 0 Å². The highest BCUT2D eigenvalue weighted by atomic mass is 16.2. The second kappa shape index (κ2) is 16.5. The summed E-state index contributed by atoms with van der Waals surface area (Å²) in [6, 6.07) is 0. The normalized spacial score (nSPS) is 12.0. The lowest BCUT2D eigenvalue weighted by molar-refractivity contribution is -0.928. The number of hydrogen-bond donors (Lipinski definition) is 2. The third-order valence-corrected chi connectivity index (χ3v) is 4.95. The quantitative estimate of drug-likeness (QED) is 0.182. The molecule has 0 aromatic rings. The van der Waals surface area contributed by atoms with E-state index in [1.165, 1.54) is 12.8 Å². The lowest BCUT2D eigenvalue weighted by atomic mass is 10.2. The molecule has 0 fully saturated rings. The zero-order valence-corrected chi connectivity index (χ0v) is 18.1. The summed E-state index contributed by atoms with van der Waals surface area (Å²) in [6.07, 6.45) is 15.6. The van der Waals surface area contributed by atoms with Crippen LogP contribution in [-0.4, -0.2) is 42.7 Å². The molecule has 5 heteroatoms. The van der Waals surface area contributed by atoms with Crippen molar-refractivity contribution in [3.63, 3.8) is 0 Å². The molecule has 0 aliphatic heterocycles. The molecule has 0 aliphatic carbocycles. The molecule has 0 heterocycles. The second-order valence-corrected chi connectivity index (χ2v) is 7.13. The number of allylic oxidation sites excluding steroid dienone is 2. The summed E-state index contributed by atoms with van der Waals surface area (Å²) in [5, 5.41) is 6.05. The molecule has 0 aromatic heterocycles. The Balaban J connectivity index is 4.29. The molecule has 0 saturated carbocycles. The number of carbonyl (C=O) groups is 2. The molecule has 0 unspecified atom stereocenters. The maximum absolute atomic E-state index is 12.1. The molecule has 0 saturated heterocycles. The predicted molar refractivity (Wildman–Crippen MR) is 114 cm³/mol. The van der Waals surface area contributed by atoms with E-state index in [-0.39, 0.29) is 11.8 Å². The first-order chi connectivity index (χ1) is 13.0. The number of nitrogens with zero attached hydrogens (tertiary/aromatic N) is 1. The van der Waals surface area contributed by atoms with Gasteiger partial charge in [-0.1, -0.05) is 63.8 Å². The van der Waals surface area contributed by atoms with Crippen molar-refractivity contribution in [1.82, 2.24) is 10.6 Å². The minimum absolute atomic E-state index is 0.0392. The fraction of sp³-hybridized carbons (Fsp3) is 0.727. The molecule has 0 rings (SSSR count). The zero-order valence-electron chi connectivity index (χ0n) is 18.1. The smallest absolute Gasteiger partial charge is 0.228 e. The van der Waals surface area contributed by atoms with Gasteiger partial charge in [0.15, 0.2) is 13.3 Å². The van der Waals surface area contributed by atoms with E-state index in [2.05, 4.69) is 50.5 Å². The molecule has 2 amide bonds. The summed E-state index contributed by atoms with van der Waals surface area (Å²) >= 11 is 0. The topological polar surface area (TPSA) is 58.2 Å². The molecule has 5 nitrogen and oxygen atoms in total. The standard InChI is InChI=1S/C22H41N3O2/c1-5-9-11-13-15-17-21(26)23-19-25(7-3,8-4)20-24-22(27)18-16-14-12-10-6-2/h13-16H,5-12,17-20H2,1-4H3,(H-,23,24,26,27)/p+1/b15-13+,16-14+. The van der Waals surface area contributed by atoms with Crippen molar-refractivity contribution in [2.75, 3.05) is 26.4 Å². The molecule has 0 radical (unpaired) electrons. The van der Waals surface area contributed by atoms with E-state index in [9.17, 15) is 9.59 Å². The summed E-state index contributed by atoms with van der Waals surface area (Å²) in [4.78, 5) is 24.1. The number of amides is 2. The lowest BCUT2D eigenvalue weighted by Gasteiger charge is -2.36. The number of unbranched alkanes of at least 4 members (excludes halogenated alkanes) is 4. The lowest BCUT2D eigenvalue weighted by Crippen LogP contribution is -2.58. The highest BCUT2D eigenvalue weighted by Gasteiger charge is 2.24. The van der Waals surface area contributed by atoms with Crippen molar-refractivity contribution >= 4 is 11.8 Å². The van der Waals surface area contributed by atoms with Crippen LogP contribution in [0.25, 0.3) is 0 Å². The largest absolute Gasteiger partial charge is 0.309 e. The molecule has 0 aliphatic rings. The number of quaternary nitrogens is 1. The van der Waals surface area contributed by atoms with E-state index in [0.29, 0.717) is 30.7 Å². The van der Waals surface area contributed by atoms with Gasteiger partial charge in [-0.2, -0.15) is 0 Å². The first kappa shape index (κ1) is 25.4. The van der Waals surface area contributed by atoms with Gasteiger partial charge < -0.3 is 10.6 Å². The monoisotopic (exact) mass is 380 g/mol. The zero-order chi connectivity index (χ0) is 20.4. The van der Waals surface area contributed by atoms with Gasteiger partial charge in [-0.15, -0.1) is 0 Å².